The molecule has 1 aliphatic heterocycles. The largest absolute Gasteiger partial charge is 0.306 e. The Bertz CT molecular complexity index is 479. The standard InChI is InChI=1S/C17H22N2/c1-19-11-2-4-15(12-19)14-5-7-16(8-6-14)17(13-18)9-3-10-17/h5-8,15H,2-4,9-12H2,1H3. The molecule has 0 N–H and O–H groups in total. The number of likely N-dealkylation sites (tertiary alicyclic amines) is 1. The van der Waals surface area contributed by atoms with Crippen molar-refractivity contribution < 1.29 is 0 Å². The summed E-state index contributed by atoms with van der Waals surface area (Å²) in [4.78, 5) is 2.42. The van der Waals surface area contributed by atoms with Gasteiger partial charge >= 0.3 is 0 Å². The molecule has 2 nitrogen and oxygen atoms in total. The van der Waals surface area contributed by atoms with Crippen LogP contribution in [0.5, 0.6) is 0 Å². The first kappa shape index (κ1) is 12.7. The highest BCUT2D eigenvalue weighted by Crippen LogP contribution is 2.43. The quantitative estimate of drug-likeness (QED) is 0.808. The fourth-order valence-corrected chi connectivity index (χ4v) is 3.51. The summed E-state index contributed by atoms with van der Waals surface area (Å²) < 4.78 is 0. The van der Waals surface area contributed by atoms with Gasteiger partial charge in [0, 0.05) is 6.54 Å². The van der Waals surface area contributed by atoms with Gasteiger partial charge in [0.15, 0.2) is 0 Å². The minimum Gasteiger partial charge on any atom is -0.306 e. The molecule has 19 heavy (non-hydrogen) atoms. The number of likely N-dealkylation sites (N-methyl/N-ethyl adjacent to an activating group) is 1. The summed E-state index contributed by atoms with van der Waals surface area (Å²) in [6.45, 7) is 2.40. The monoisotopic (exact) mass is 254 g/mol. The number of nitriles is 1. The zero-order valence-corrected chi connectivity index (χ0v) is 11.7. The maximum atomic E-state index is 9.39. The average molecular weight is 254 g/mol. The smallest absolute Gasteiger partial charge is 0.0822 e. The normalized spacial score (nSPS) is 26.4. The molecular weight excluding hydrogens is 232 g/mol. The van der Waals surface area contributed by atoms with Crippen LogP contribution in [0.25, 0.3) is 0 Å². The molecular formula is C17H22N2. The molecule has 1 aromatic carbocycles. The minimum atomic E-state index is -0.165. The van der Waals surface area contributed by atoms with E-state index in [1.54, 1.807) is 0 Å². The minimum absolute atomic E-state index is 0.165. The van der Waals surface area contributed by atoms with Gasteiger partial charge in [0.1, 0.15) is 0 Å². The lowest BCUT2D eigenvalue weighted by Crippen LogP contribution is -2.32. The summed E-state index contributed by atoms with van der Waals surface area (Å²) in [6, 6.07) is 11.5. The third-order valence-corrected chi connectivity index (χ3v) is 4.98. The lowest BCUT2D eigenvalue weighted by Gasteiger charge is -2.36. The van der Waals surface area contributed by atoms with E-state index in [9.17, 15) is 5.26 Å². The van der Waals surface area contributed by atoms with Gasteiger partial charge in [0.25, 0.3) is 0 Å². The maximum Gasteiger partial charge on any atom is 0.0822 e. The Morgan fingerprint density at radius 3 is 2.47 bits per heavy atom. The predicted octanol–water partition coefficient (Wildman–Crippen LogP) is 3.44. The van der Waals surface area contributed by atoms with Gasteiger partial charge in [-0.1, -0.05) is 24.3 Å². The molecule has 0 aromatic heterocycles. The molecule has 1 atom stereocenters. The Hall–Kier alpha value is -1.33. The number of rotatable bonds is 2. The average Bonchev–Trinajstić information content (AvgIpc) is 2.39. The molecule has 1 aromatic rings. The first-order chi connectivity index (χ1) is 9.23. The Labute approximate surface area is 116 Å². The molecule has 100 valence electrons. The van der Waals surface area contributed by atoms with Gasteiger partial charge in [0.05, 0.1) is 11.5 Å². The van der Waals surface area contributed by atoms with E-state index in [0.29, 0.717) is 5.92 Å². The number of benzene rings is 1. The molecule has 2 aliphatic rings. The van der Waals surface area contributed by atoms with Crippen molar-refractivity contribution in [1.29, 1.82) is 5.26 Å². The third kappa shape index (κ3) is 2.28. The van der Waals surface area contributed by atoms with Crippen LogP contribution < -0.4 is 0 Å². The molecule has 1 saturated heterocycles. The van der Waals surface area contributed by atoms with Crippen LogP contribution in [-0.4, -0.2) is 25.0 Å². The van der Waals surface area contributed by atoms with Gasteiger partial charge in [-0.05, 0) is 62.7 Å². The van der Waals surface area contributed by atoms with Crippen molar-refractivity contribution >= 4 is 0 Å². The van der Waals surface area contributed by atoms with Crippen LogP contribution in [0.2, 0.25) is 0 Å². The SMILES string of the molecule is CN1CCCC(c2ccc(C3(C#N)CCC3)cc2)C1. The molecule has 1 saturated carbocycles. The Morgan fingerprint density at radius 1 is 1.21 bits per heavy atom. The summed E-state index contributed by atoms with van der Waals surface area (Å²) in [5.74, 6) is 0.673. The fraction of sp³-hybridized carbons (Fsp3) is 0.588. The third-order valence-electron chi connectivity index (χ3n) is 4.98. The molecule has 2 fully saturated rings. The second kappa shape index (κ2) is 4.98. The van der Waals surface area contributed by atoms with Crippen LogP contribution in [0.3, 0.4) is 0 Å². The predicted molar refractivity (Wildman–Crippen MR) is 77.1 cm³/mol. The Balaban J connectivity index is 1.77. The summed E-state index contributed by atoms with van der Waals surface area (Å²) in [7, 11) is 2.21. The first-order valence-corrected chi connectivity index (χ1v) is 7.44. The van der Waals surface area contributed by atoms with Gasteiger partial charge in [-0.25, -0.2) is 0 Å². The Morgan fingerprint density at radius 2 is 1.95 bits per heavy atom. The van der Waals surface area contributed by atoms with Crippen molar-refractivity contribution in [2.75, 3.05) is 20.1 Å². The van der Waals surface area contributed by atoms with Gasteiger partial charge in [-0.15, -0.1) is 0 Å². The molecule has 0 spiro atoms. The van der Waals surface area contributed by atoms with E-state index < -0.39 is 0 Å². The molecule has 0 bridgehead atoms. The second-order valence-electron chi connectivity index (χ2n) is 6.27. The summed E-state index contributed by atoms with van der Waals surface area (Å²) >= 11 is 0. The number of hydrogen-bond acceptors (Lipinski definition) is 2. The van der Waals surface area contributed by atoms with E-state index in [1.807, 2.05) is 0 Å². The topological polar surface area (TPSA) is 27.0 Å². The van der Waals surface area contributed by atoms with Crippen LogP contribution in [0.1, 0.15) is 49.1 Å². The van der Waals surface area contributed by atoms with Crippen molar-refractivity contribution in [2.45, 2.75) is 43.4 Å². The van der Waals surface area contributed by atoms with E-state index >= 15 is 0 Å². The molecule has 0 radical (unpaired) electrons. The van der Waals surface area contributed by atoms with Gasteiger partial charge < -0.3 is 4.90 Å². The van der Waals surface area contributed by atoms with E-state index in [-0.39, 0.29) is 5.41 Å². The van der Waals surface area contributed by atoms with Gasteiger partial charge in [-0.2, -0.15) is 5.26 Å². The van der Waals surface area contributed by atoms with Crippen molar-refractivity contribution in [1.82, 2.24) is 4.90 Å². The van der Waals surface area contributed by atoms with Crippen LogP contribution in [0.4, 0.5) is 0 Å². The number of nitrogens with zero attached hydrogens (tertiary/aromatic N) is 2. The van der Waals surface area contributed by atoms with Crippen molar-refractivity contribution in [2.24, 2.45) is 0 Å². The zero-order valence-electron chi connectivity index (χ0n) is 11.7. The first-order valence-electron chi connectivity index (χ1n) is 7.44. The summed E-state index contributed by atoms with van der Waals surface area (Å²) in [5, 5.41) is 9.39. The maximum absolute atomic E-state index is 9.39. The molecule has 1 unspecified atom stereocenters. The molecule has 1 heterocycles. The summed E-state index contributed by atoms with van der Waals surface area (Å²) in [5.41, 5.74) is 2.51. The highest BCUT2D eigenvalue weighted by molar-refractivity contribution is 5.37. The zero-order chi connectivity index (χ0) is 13.3. The van der Waals surface area contributed by atoms with Crippen LogP contribution in [0, 0.1) is 11.3 Å². The van der Waals surface area contributed by atoms with Crippen molar-refractivity contribution in [3.63, 3.8) is 0 Å². The van der Waals surface area contributed by atoms with Crippen LogP contribution in [0.15, 0.2) is 24.3 Å². The molecule has 3 rings (SSSR count). The van der Waals surface area contributed by atoms with E-state index in [0.717, 1.165) is 12.8 Å². The van der Waals surface area contributed by atoms with Gasteiger partial charge in [-0.3, -0.25) is 0 Å². The highest BCUT2D eigenvalue weighted by Gasteiger charge is 2.38. The number of hydrogen-bond donors (Lipinski definition) is 0. The van der Waals surface area contributed by atoms with Crippen molar-refractivity contribution in [3.05, 3.63) is 35.4 Å². The van der Waals surface area contributed by atoms with E-state index in [1.165, 1.54) is 43.5 Å². The number of piperidine rings is 1. The van der Waals surface area contributed by atoms with E-state index in [4.69, 9.17) is 0 Å². The molecule has 2 heteroatoms. The van der Waals surface area contributed by atoms with Gasteiger partial charge in [0.2, 0.25) is 0 Å². The lowest BCUT2D eigenvalue weighted by molar-refractivity contribution is 0.250. The van der Waals surface area contributed by atoms with Crippen molar-refractivity contribution in [3.8, 4) is 6.07 Å². The fourth-order valence-electron chi connectivity index (χ4n) is 3.51. The van der Waals surface area contributed by atoms with E-state index in [2.05, 4.69) is 42.3 Å². The summed E-state index contributed by atoms with van der Waals surface area (Å²) in [6.07, 6.45) is 5.87. The molecule has 0 amide bonds. The lowest BCUT2D eigenvalue weighted by atomic mass is 9.65. The van der Waals surface area contributed by atoms with Crippen LogP contribution >= 0.6 is 0 Å². The molecule has 1 aliphatic carbocycles. The highest BCUT2D eigenvalue weighted by atomic mass is 15.1. The Kier molecular flexibility index (Phi) is 3.33. The van der Waals surface area contributed by atoms with Crippen LogP contribution in [-0.2, 0) is 5.41 Å². The second-order valence-corrected chi connectivity index (χ2v) is 6.27.